The van der Waals surface area contributed by atoms with Gasteiger partial charge in [0, 0.05) is 34.6 Å². The molecule has 4 heterocycles. The van der Waals surface area contributed by atoms with Crippen molar-refractivity contribution >= 4 is 34.7 Å². The summed E-state index contributed by atoms with van der Waals surface area (Å²) < 4.78 is 0. The molecule has 4 aromatic rings. The molecule has 36 heavy (non-hydrogen) atoms. The van der Waals surface area contributed by atoms with Crippen molar-refractivity contribution in [2.24, 2.45) is 0 Å². The number of thiophene rings is 1. The zero-order chi connectivity index (χ0) is 25.3. The highest BCUT2D eigenvalue weighted by Gasteiger charge is 2.46. The minimum absolute atomic E-state index is 0.149. The van der Waals surface area contributed by atoms with Gasteiger partial charge in [-0.25, -0.2) is 4.98 Å². The number of H-pyrrole nitrogens is 1. The summed E-state index contributed by atoms with van der Waals surface area (Å²) in [4.78, 5) is 22.9. The average molecular weight is 523 g/mol. The van der Waals surface area contributed by atoms with Crippen LogP contribution in [0.1, 0.15) is 37.3 Å². The van der Waals surface area contributed by atoms with E-state index >= 15 is 0 Å². The Balaban J connectivity index is 1.71. The number of rotatable bonds is 6. The van der Waals surface area contributed by atoms with Gasteiger partial charge in [-0.1, -0.05) is 30.2 Å². The molecule has 0 saturated carbocycles. The number of halogens is 1. The predicted molar refractivity (Wildman–Crippen MR) is 142 cm³/mol. The van der Waals surface area contributed by atoms with Crippen molar-refractivity contribution in [1.82, 2.24) is 25.1 Å². The van der Waals surface area contributed by atoms with Crippen LogP contribution in [0.4, 0.5) is 5.82 Å². The fourth-order valence-electron chi connectivity index (χ4n) is 4.98. The van der Waals surface area contributed by atoms with Gasteiger partial charge in [0.05, 0.1) is 4.88 Å². The third-order valence-electron chi connectivity index (χ3n) is 6.66. The van der Waals surface area contributed by atoms with Gasteiger partial charge >= 0.3 is 0 Å². The fraction of sp³-hybridized carbons (Fsp3) is 0.308. The number of nitrogens with zero attached hydrogens (tertiary/aromatic N) is 4. The Kier molecular flexibility index (Phi) is 6.90. The second-order valence-electron chi connectivity index (χ2n) is 9.07. The lowest BCUT2D eigenvalue weighted by Crippen LogP contribution is -2.52. The quantitative estimate of drug-likeness (QED) is 0.331. The first kappa shape index (κ1) is 24.6. The molecule has 1 aliphatic rings. The topological polar surface area (TPSA) is 107 Å². The molecule has 0 aliphatic carbocycles. The molecule has 186 valence electrons. The van der Waals surface area contributed by atoms with E-state index in [1.165, 1.54) is 24.6 Å². The van der Waals surface area contributed by atoms with Crippen molar-refractivity contribution in [3.63, 3.8) is 0 Å². The number of pyridine rings is 1. The van der Waals surface area contributed by atoms with E-state index < -0.39 is 5.60 Å². The molecule has 1 aliphatic heterocycles. The lowest BCUT2D eigenvalue weighted by Gasteiger charge is -2.44. The van der Waals surface area contributed by atoms with Gasteiger partial charge in [0.2, 0.25) is 5.91 Å². The average Bonchev–Trinajstić information content (AvgIpc) is 3.55. The van der Waals surface area contributed by atoms with E-state index in [-0.39, 0.29) is 11.9 Å². The third-order valence-corrected chi connectivity index (χ3v) is 8.10. The lowest BCUT2D eigenvalue weighted by atomic mass is 9.76. The first-order valence-corrected chi connectivity index (χ1v) is 13.0. The molecule has 0 spiro atoms. The van der Waals surface area contributed by atoms with Gasteiger partial charge < -0.3 is 15.4 Å². The van der Waals surface area contributed by atoms with Crippen LogP contribution >= 0.6 is 22.9 Å². The molecule has 1 aromatic carbocycles. The maximum Gasteiger partial charge on any atom is 0.222 e. The number of likely N-dealkylation sites (N-methyl/N-ethyl adjacent to an activating group) is 1. The molecule has 2 atom stereocenters. The number of carbonyl (C=O) groups is 1. The molecular formula is C26H27ClN6O2S. The lowest BCUT2D eigenvalue weighted by molar-refractivity contribution is -0.114. The fourth-order valence-corrected chi connectivity index (χ4v) is 6.26. The Morgan fingerprint density at radius 2 is 2.06 bits per heavy atom. The number of nitrogens with one attached hydrogen (secondary N) is 2. The smallest absolute Gasteiger partial charge is 0.222 e. The van der Waals surface area contributed by atoms with E-state index in [9.17, 15) is 9.90 Å². The number of hydrogen-bond donors (Lipinski definition) is 3. The van der Waals surface area contributed by atoms with Crippen LogP contribution < -0.4 is 5.32 Å². The molecule has 8 nitrogen and oxygen atoms in total. The predicted octanol–water partition coefficient (Wildman–Crippen LogP) is 4.93. The van der Waals surface area contributed by atoms with Gasteiger partial charge in [0.1, 0.15) is 17.7 Å². The molecule has 0 bridgehead atoms. The van der Waals surface area contributed by atoms with Gasteiger partial charge in [-0.2, -0.15) is 0 Å². The molecule has 0 radical (unpaired) electrons. The van der Waals surface area contributed by atoms with Crippen molar-refractivity contribution in [1.29, 1.82) is 0 Å². The Morgan fingerprint density at radius 1 is 1.25 bits per heavy atom. The molecule has 1 saturated heterocycles. The van der Waals surface area contributed by atoms with Crippen LogP contribution in [0.3, 0.4) is 0 Å². The van der Waals surface area contributed by atoms with Crippen molar-refractivity contribution < 1.29 is 9.90 Å². The number of carbonyl (C=O) groups excluding carboxylic acids is 1. The zero-order valence-corrected chi connectivity index (χ0v) is 21.6. The number of aromatic amines is 1. The van der Waals surface area contributed by atoms with Crippen LogP contribution in [0.25, 0.3) is 21.1 Å². The highest BCUT2D eigenvalue weighted by molar-refractivity contribution is 7.19. The Bertz CT molecular complexity index is 1360. The van der Waals surface area contributed by atoms with Crippen LogP contribution in [0, 0.1) is 0 Å². The highest BCUT2D eigenvalue weighted by atomic mass is 35.5. The minimum Gasteiger partial charge on any atom is -0.379 e. The maximum atomic E-state index is 12.7. The summed E-state index contributed by atoms with van der Waals surface area (Å²) in [5, 5.41) is 24.4. The molecule has 10 heteroatoms. The van der Waals surface area contributed by atoms with Crippen LogP contribution in [0.5, 0.6) is 0 Å². The maximum absolute atomic E-state index is 12.7. The van der Waals surface area contributed by atoms with Crippen molar-refractivity contribution in [2.45, 2.75) is 37.8 Å². The monoisotopic (exact) mass is 522 g/mol. The van der Waals surface area contributed by atoms with Crippen LogP contribution in [0.2, 0.25) is 5.02 Å². The largest absolute Gasteiger partial charge is 0.379 e. The summed E-state index contributed by atoms with van der Waals surface area (Å²) in [6.45, 7) is 2.35. The van der Waals surface area contributed by atoms with E-state index in [0.29, 0.717) is 16.7 Å². The first-order chi connectivity index (χ1) is 17.4. The van der Waals surface area contributed by atoms with E-state index in [1.807, 2.05) is 42.5 Å². The number of aliphatic hydroxyl groups is 1. The second-order valence-corrected chi connectivity index (χ2v) is 10.6. The summed E-state index contributed by atoms with van der Waals surface area (Å²) in [6.07, 6.45) is 6.17. The number of aromatic nitrogens is 4. The SMILES string of the molecule is CC(=O)Nc1cc(-c2cc(C(O)(c3ccc(Cl)cc3)C3CCCCN3C)c(-c3nnc[nH]3)s2)ccn1. The number of hydrogen-bond acceptors (Lipinski definition) is 7. The molecule has 1 amide bonds. The third kappa shape index (κ3) is 4.67. The van der Waals surface area contributed by atoms with E-state index in [2.05, 4.69) is 37.4 Å². The summed E-state index contributed by atoms with van der Waals surface area (Å²) >= 11 is 7.73. The van der Waals surface area contributed by atoms with Crippen LogP contribution in [0.15, 0.2) is 55.0 Å². The summed E-state index contributed by atoms with van der Waals surface area (Å²) in [5.41, 5.74) is 1.06. The van der Waals surface area contributed by atoms with E-state index in [4.69, 9.17) is 11.6 Å². The molecule has 2 unspecified atom stereocenters. The first-order valence-electron chi connectivity index (χ1n) is 11.8. The van der Waals surface area contributed by atoms with Crippen molar-refractivity contribution in [2.75, 3.05) is 18.9 Å². The van der Waals surface area contributed by atoms with Crippen LogP contribution in [-0.4, -0.2) is 55.7 Å². The molecule has 1 fully saturated rings. The Morgan fingerprint density at radius 3 is 2.75 bits per heavy atom. The summed E-state index contributed by atoms with van der Waals surface area (Å²) in [5.74, 6) is 0.866. The van der Waals surface area contributed by atoms with Crippen molar-refractivity contribution in [3.05, 3.63) is 71.1 Å². The molecule has 3 aromatic heterocycles. The van der Waals surface area contributed by atoms with Crippen molar-refractivity contribution in [3.8, 4) is 21.1 Å². The van der Waals surface area contributed by atoms with E-state index in [1.54, 1.807) is 6.20 Å². The van der Waals surface area contributed by atoms with Crippen LogP contribution in [-0.2, 0) is 10.4 Å². The Labute approximate surface area is 218 Å². The molecule has 3 N–H and O–H groups in total. The van der Waals surface area contributed by atoms with Gasteiger partial charge in [-0.15, -0.1) is 21.5 Å². The Hall–Kier alpha value is -3.11. The normalized spacial score (nSPS) is 18.1. The van der Waals surface area contributed by atoms with Gasteiger partial charge in [0.15, 0.2) is 5.82 Å². The molecule has 5 rings (SSSR count). The second kappa shape index (κ2) is 10.1. The number of likely N-dealkylation sites (tertiary alicyclic amines) is 1. The summed E-state index contributed by atoms with van der Waals surface area (Å²) in [6, 6.07) is 13.0. The molecular weight excluding hydrogens is 496 g/mol. The van der Waals surface area contributed by atoms with Gasteiger partial charge in [-0.05, 0) is 67.9 Å². The number of benzene rings is 1. The number of amides is 1. The number of piperidine rings is 1. The minimum atomic E-state index is -1.33. The van der Waals surface area contributed by atoms with E-state index in [0.717, 1.165) is 52.3 Å². The standard InChI is InChI=1S/C26H27ClN6O2S/c1-16(34)31-23-13-17(10-11-28-23)21-14-20(24(36-21)25-29-15-30-32-25)26(35,18-6-8-19(27)9-7-18)22-5-3-4-12-33(22)2/h6-11,13-15,22,35H,3-5,12H2,1-2H3,(H,28,31,34)(H,29,30,32). The van der Waals surface area contributed by atoms with Gasteiger partial charge in [0.25, 0.3) is 0 Å². The van der Waals surface area contributed by atoms with Gasteiger partial charge in [-0.3, -0.25) is 9.69 Å². The summed E-state index contributed by atoms with van der Waals surface area (Å²) in [7, 11) is 2.06. The zero-order valence-electron chi connectivity index (χ0n) is 20.0. The number of anilines is 1. The highest BCUT2D eigenvalue weighted by Crippen LogP contribution is 2.48.